The standard InChI is InChI=1S/C15H19N3O2/c1-10-3-6-13-16-7-12(18(13)8-10)14(20)17-15(2,9-19)11-4-5-11/h3,6-8,11,19H,4-5,9H2,1-2H3,(H,17,20). The zero-order valence-electron chi connectivity index (χ0n) is 11.8. The van der Waals surface area contributed by atoms with E-state index in [0.717, 1.165) is 24.1 Å². The number of nitrogens with one attached hydrogen (secondary N) is 1. The average molecular weight is 273 g/mol. The highest BCUT2D eigenvalue weighted by atomic mass is 16.3. The molecule has 0 radical (unpaired) electrons. The number of imidazole rings is 1. The largest absolute Gasteiger partial charge is 0.394 e. The lowest BCUT2D eigenvalue weighted by Gasteiger charge is -2.28. The number of aromatic nitrogens is 2. The van der Waals surface area contributed by atoms with Crippen LogP contribution in [0.4, 0.5) is 0 Å². The van der Waals surface area contributed by atoms with Gasteiger partial charge < -0.3 is 10.4 Å². The molecule has 0 aromatic carbocycles. The number of hydrogen-bond acceptors (Lipinski definition) is 3. The first-order valence-corrected chi connectivity index (χ1v) is 6.90. The van der Waals surface area contributed by atoms with Gasteiger partial charge in [-0.15, -0.1) is 0 Å². The Hall–Kier alpha value is -1.88. The fourth-order valence-corrected chi connectivity index (χ4v) is 2.57. The number of nitrogens with zero attached hydrogens (tertiary/aromatic N) is 2. The number of aliphatic hydroxyl groups is 1. The number of carbonyl (C=O) groups is 1. The van der Waals surface area contributed by atoms with Crippen LogP contribution < -0.4 is 5.32 Å². The van der Waals surface area contributed by atoms with Crippen LogP contribution in [-0.4, -0.2) is 32.5 Å². The van der Waals surface area contributed by atoms with Crippen LogP contribution in [0.25, 0.3) is 5.65 Å². The summed E-state index contributed by atoms with van der Waals surface area (Å²) in [6.45, 7) is 3.83. The molecule has 2 N–H and O–H groups in total. The Morgan fingerprint density at radius 2 is 2.30 bits per heavy atom. The Morgan fingerprint density at radius 3 is 2.95 bits per heavy atom. The Morgan fingerprint density at radius 1 is 1.55 bits per heavy atom. The third kappa shape index (κ3) is 2.18. The highest BCUT2D eigenvalue weighted by molar-refractivity contribution is 5.93. The van der Waals surface area contributed by atoms with Crippen LogP contribution in [0.2, 0.25) is 0 Å². The van der Waals surface area contributed by atoms with Crippen molar-refractivity contribution in [2.75, 3.05) is 6.61 Å². The molecule has 2 heterocycles. The van der Waals surface area contributed by atoms with Crippen LogP contribution in [0.5, 0.6) is 0 Å². The molecule has 106 valence electrons. The number of aliphatic hydroxyl groups excluding tert-OH is 1. The molecule has 0 bridgehead atoms. The minimum atomic E-state index is -0.537. The number of rotatable bonds is 4. The van der Waals surface area contributed by atoms with E-state index in [-0.39, 0.29) is 12.5 Å². The molecule has 1 atom stereocenters. The van der Waals surface area contributed by atoms with E-state index in [1.807, 2.05) is 32.2 Å². The highest BCUT2D eigenvalue weighted by Gasteiger charge is 2.42. The van der Waals surface area contributed by atoms with Crippen LogP contribution in [0.15, 0.2) is 24.5 Å². The molecule has 20 heavy (non-hydrogen) atoms. The lowest BCUT2D eigenvalue weighted by atomic mass is 9.97. The summed E-state index contributed by atoms with van der Waals surface area (Å²) in [4.78, 5) is 16.7. The van der Waals surface area contributed by atoms with Crippen molar-refractivity contribution in [3.8, 4) is 0 Å². The molecule has 1 aliphatic rings. The number of hydrogen-bond donors (Lipinski definition) is 2. The normalized spacial score (nSPS) is 17.9. The van der Waals surface area contributed by atoms with Gasteiger partial charge in [0.05, 0.1) is 18.3 Å². The van der Waals surface area contributed by atoms with Gasteiger partial charge in [0.15, 0.2) is 0 Å². The van der Waals surface area contributed by atoms with Gasteiger partial charge in [-0.3, -0.25) is 9.20 Å². The van der Waals surface area contributed by atoms with Gasteiger partial charge >= 0.3 is 0 Å². The Kier molecular flexibility index (Phi) is 3.01. The minimum Gasteiger partial charge on any atom is -0.394 e. The highest BCUT2D eigenvalue weighted by Crippen LogP contribution is 2.39. The molecule has 0 saturated heterocycles. The monoisotopic (exact) mass is 273 g/mol. The topological polar surface area (TPSA) is 66.6 Å². The Bertz CT molecular complexity index is 660. The van der Waals surface area contributed by atoms with E-state index < -0.39 is 5.54 Å². The number of aryl methyl sites for hydroxylation is 1. The van der Waals surface area contributed by atoms with Crippen molar-refractivity contribution in [1.82, 2.24) is 14.7 Å². The molecular weight excluding hydrogens is 254 g/mol. The second-order valence-corrected chi connectivity index (χ2v) is 5.88. The predicted molar refractivity (Wildman–Crippen MR) is 75.6 cm³/mol. The molecule has 1 unspecified atom stereocenters. The third-order valence-electron chi connectivity index (χ3n) is 4.09. The molecule has 1 amide bonds. The van der Waals surface area contributed by atoms with Crippen LogP contribution in [0.3, 0.4) is 0 Å². The summed E-state index contributed by atoms with van der Waals surface area (Å²) in [7, 11) is 0. The van der Waals surface area contributed by atoms with Crippen LogP contribution in [-0.2, 0) is 0 Å². The maximum atomic E-state index is 12.5. The number of amides is 1. The second kappa shape index (κ2) is 4.59. The second-order valence-electron chi connectivity index (χ2n) is 5.88. The van der Waals surface area contributed by atoms with E-state index in [2.05, 4.69) is 10.3 Å². The molecule has 3 rings (SSSR count). The molecule has 1 saturated carbocycles. The summed E-state index contributed by atoms with van der Waals surface area (Å²) < 4.78 is 1.79. The van der Waals surface area contributed by atoms with Crippen molar-refractivity contribution >= 4 is 11.6 Å². The lowest BCUT2D eigenvalue weighted by molar-refractivity contribution is 0.0818. The van der Waals surface area contributed by atoms with Crippen molar-refractivity contribution in [1.29, 1.82) is 0 Å². The van der Waals surface area contributed by atoms with Gasteiger partial charge in [0, 0.05) is 6.20 Å². The van der Waals surface area contributed by atoms with Gasteiger partial charge in [-0.1, -0.05) is 6.07 Å². The summed E-state index contributed by atoms with van der Waals surface area (Å²) in [6.07, 6.45) is 5.59. The van der Waals surface area contributed by atoms with Gasteiger partial charge in [0.1, 0.15) is 11.3 Å². The summed E-state index contributed by atoms with van der Waals surface area (Å²) in [5.41, 5.74) is 1.78. The van der Waals surface area contributed by atoms with E-state index in [0.29, 0.717) is 11.6 Å². The molecule has 5 nitrogen and oxygen atoms in total. The maximum absolute atomic E-state index is 12.5. The van der Waals surface area contributed by atoms with E-state index in [9.17, 15) is 9.90 Å². The van der Waals surface area contributed by atoms with Gasteiger partial charge in [-0.25, -0.2) is 4.98 Å². The van der Waals surface area contributed by atoms with Gasteiger partial charge in [-0.05, 0) is 44.2 Å². The minimum absolute atomic E-state index is 0.0425. The maximum Gasteiger partial charge on any atom is 0.270 e. The first-order valence-electron chi connectivity index (χ1n) is 6.90. The van der Waals surface area contributed by atoms with E-state index in [4.69, 9.17) is 0 Å². The van der Waals surface area contributed by atoms with Crippen molar-refractivity contribution in [2.24, 2.45) is 5.92 Å². The van der Waals surface area contributed by atoms with Crippen molar-refractivity contribution in [2.45, 2.75) is 32.2 Å². The van der Waals surface area contributed by atoms with Crippen LogP contribution in [0.1, 0.15) is 35.8 Å². The fraction of sp³-hybridized carbons (Fsp3) is 0.467. The van der Waals surface area contributed by atoms with E-state index in [1.165, 1.54) is 0 Å². The molecule has 0 spiro atoms. The summed E-state index contributed by atoms with van der Waals surface area (Å²) in [5, 5.41) is 12.5. The van der Waals surface area contributed by atoms with Gasteiger partial charge in [-0.2, -0.15) is 0 Å². The van der Waals surface area contributed by atoms with Gasteiger partial charge in [0.2, 0.25) is 0 Å². The predicted octanol–water partition coefficient (Wildman–Crippen LogP) is 1.53. The van der Waals surface area contributed by atoms with Crippen molar-refractivity contribution in [3.63, 3.8) is 0 Å². The molecule has 1 fully saturated rings. The molecule has 1 aliphatic carbocycles. The quantitative estimate of drug-likeness (QED) is 0.888. The number of pyridine rings is 1. The Labute approximate surface area is 117 Å². The number of carbonyl (C=O) groups excluding carboxylic acids is 1. The number of fused-ring (bicyclic) bond motifs is 1. The molecule has 0 aliphatic heterocycles. The molecular formula is C15H19N3O2. The van der Waals surface area contributed by atoms with Crippen LogP contribution in [0, 0.1) is 12.8 Å². The van der Waals surface area contributed by atoms with Crippen molar-refractivity contribution in [3.05, 3.63) is 35.8 Å². The third-order valence-corrected chi connectivity index (χ3v) is 4.09. The first-order chi connectivity index (χ1) is 9.53. The zero-order valence-corrected chi connectivity index (χ0v) is 11.8. The van der Waals surface area contributed by atoms with E-state index >= 15 is 0 Å². The molecule has 2 aromatic rings. The Balaban J connectivity index is 1.90. The summed E-state index contributed by atoms with van der Waals surface area (Å²) >= 11 is 0. The van der Waals surface area contributed by atoms with Crippen LogP contribution >= 0.6 is 0 Å². The first kappa shape index (κ1) is 13.1. The smallest absolute Gasteiger partial charge is 0.270 e. The molecule has 5 heteroatoms. The summed E-state index contributed by atoms with van der Waals surface area (Å²) in [6, 6.07) is 3.85. The SMILES string of the molecule is Cc1ccc2ncc(C(=O)NC(C)(CO)C3CC3)n2c1. The van der Waals surface area contributed by atoms with Crippen molar-refractivity contribution < 1.29 is 9.90 Å². The van der Waals surface area contributed by atoms with E-state index in [1.54, 1.807) is 10.6 Å². The zero-order chi connectivity index (χ0) is 14.3. The average Bonchev–Trinajstić information content (AvgIpc) is 3.20. The molecule has 2 aromatic heterocycles. The lowest BCUT2D eigenvalue weighted by Crippen LogP contribution is -2.51. The summed E-state index contributed by atoms with van der Waals surface area (Å²) in [5.74, 6) is 0.184. The van der Waals surface area contributed by atoms with Gasteiger partial charge in [0.25, 0.3) is 5.91 Å². The fourth-order valence-electron chi connectivity index (χ4n) is 2.57.